The highest BCUT2D eigenvalue weighted by molar-refractivity contribution is 6.71. The molecule has 0 bridgehead atoms. The van der Waals surface area contributed by atoms with Gasteiger partial charge in [0.2, 0.25) is 0 Å². The van der Waals surface area contributed by atoms with Gasteiger partial charge in [0.1, 0.15) is 6.29 Å². The van der Waals surface area contributed by atoms with Crippen LogP contribution in [-0.4, -0.2) is 70.0 Å². The van der Waals surface area contributed by atoms with E-state index in [4.69, 9.17) is 13.9 Å². The molecule has 2 unspecified atom stereocenters. The smallest absolute Gasteiger partial charge is 0.308 e. The third-order valence-electron chi connectivity index (χ3n) is 11.9. The Bertz CT molecular complexity index is 814. The van der Waals surface area contributed by atoms with Gasteiger partial charge in [-0.05, 0) is 103 Å². The molecule has 7 heteroatoms. The average molecular weight is 826 g/mol. The number of esters is 1. The average Bonchev–Trinajstić information content (AvgIpc) is 3.19. The third kappa shape index (κ3) is 39.4. The zero-order valence-electron chi connectivity index (χ0n) is 39.7. The molecule has 0 heterocycles. The molecule has 0 fully saturated rings. The molecule has 0 amide bonds. The van der Waals surface area contributed by atoms with Crippen molar-refractivity contribution in [3.63, 3.8) is 0 Å². The molecule has 0 spiro atoms. The molecule has 342 valence electrons. The minimum Gasteiger partial charge on any atom is -0.465 e. The Labute approximate surface area is 358 Å². The summed E-state index contributed by atoms with van der Waals surface area (Å²) in [5.74, 6) is 0.169. The van der Waals surface area contributed by atoms with Gasteiger partial charge in [0, 0.05) is 13.2 Å². The lowest BCUT2D eigenvalue weighted by atomic mass is 9.94. The summed E-state index contributed by atoms with van der Waals surface area (Å²) >= 11 is 0. The number of carbonyl (C=O) groups excluding carboxylic acids is 1. The predicted octanol–water partition coefficient (Wildman–Crippen LogP) is 15.3. The fourth-order valence-electron chi connectivity index (χ4n) is 8.08. The SMILES string of the molecule is CCCCCCCCOC(CCCCCCC)O[Si](C)(C)CCCCCCN(CCCCO)CCCCCCOC(=O)C(CCCCCC)CCCCCCCC. The van der Waals surface area contributed by atoms with Crippen molar-refractivity contribution in [2.45, 2.75) is 271 Å². The van der Waals surface area contributed by atoms with E-state index in [1.54, 1.807) is 0 Å². The van der Waals surface area contributed by atoms with E-state index in [1.165, 1.54) is 160 Å². The molecular weight excluding hydrogens is 723 g/mol. The van der Waals surface area contributed by atoms with Crippen LogP contribution >= 0.6 is 0 Å². The maximum Gasteiger partial charge on any atom is 0.308 e. The molecule has 0 aliphatic rings. The van der Waals surface area contributed by atoms with Crippen molar-refractivity contribution >= 4 is 14.3 Å². The molecule has 0 aliphatic carbocycles. The number of aliphatic hydroxyl groups excluding tert-OH is 1. The summed E-state index contributed by atoms with van der Waals surface area (Å²) in [6, 6.07) is 1.22. The second kappa shape index (κ2) is 43.6. The van der Waals surface area contributed by atoms with Gasteiger partial charge in [-0.3, -0.25) is 4.79 Å². The molecule has 0 aromatic carbocycles. The summed E-state index contributed by atoms with van der Waals surface area (Å²) in [4.78, 5) is 15.6. The van der Waals surface area contributed by atoms with Crippen LogP contribution in [0.25, 0.3) is 0 Å². The maximum absolute atomic E-state index is 13.0. The Balaban J connectivity index is 4.50. The fraction of sp³-hybridized carbons (Fsp3) is 0.980. The normalized spacial score (nSPS) is 13.1. The van der Waals surface area contributed by atoms with Crippen molar-refractivity contribution in [3.8, 4) is 0 Å². The quantitative estimate of drug-likeness (QED) is 0.0285. The van der Waals surface area contributed by atoms with E-state index in [0.717, 1.165) is 90.4 Å². The number of unbranched alkanes of at least 4 members (excludes halogenated alkanes) is 24. The first-order chi connectivity index (χ1) is 27.8. The standard InChI is InChI=1S/C50H103NO5Si/c1-7-11-15-19-22-29-39-48(38-28-18-14-10-4)50(53)55-46-36-26-23-31-41-51(43-33-34-44-52)42-32-24-27-37-47-57(5,6)56-49(40-30-21-17-13-9-3)54-45-35-25-20-16-12-8-2/h48-49,52H,7-47H2,1-6H3. The largest absolute Gasteiger partial charge is 0.465 e. The number of rotatable bonds is 47. The van der Waals surface area contributed by atoms with Crippen LogP contribution in [-0.2, 0) is 18.7 Å². The first-order valence-corrected chi connectivity index (χ1v) is 28.7. The Morgan fingerprint density at radius 3 is 1.42 bits per heavy atom. The highest BCUT2D eigenvalue weighted by atomic mass is 28.4. The highest BCUT2D eigenvalue weighted by Gasteiger charge is 2.27. The van der Waals surface area contributed by atoms with Crippen molar-refractivity contribution < 1.29 is 23.8 Å². The van der Waals surface area contributed by atoms with Gasteiger partial charge in [0.25, 0.3) is 0 Å². The summed E-state index contributed by atoms with van der Waals surface area (Å²) in [5, 5.41) is 9.38. The second-order valence-corrected chi connectivity index (χ2v) is 22.5. The summed E-state index contributed by atoms with van der Waals surface area (Å²) in [5.41, 5.74) is 0. The van der Waals surface area contributed by atoms with Gasteiger partial charge in [-0.15, -0.1) is 0 Å². The number of hydrogen-bond acceptors (Lipinski definition) is 6. The predicted molar refractivity (Wildman–Crippen MR) is 251 cm³/mol. The van der Waals surface area contributed by atoms with E-state index in [-0.39, 0.29) is 24.8 Å². The lowest BCUT2D eigenvalue weighted by molar-refractivity contribution is -0.149. The van der Waals surface area contributed by atoms with Crippen molar-refractivity contribution in [2.24, 2.45) is 5.92 Å². The molecule has 0 aliphatic heterocycles. The molecule has 0 rings (SSSR count). The zero-order chi connectivity index (χ0) is 41.9. The Hall–Kier alpha value is -0.473. The van der Waals surface area contributed by atoms with Gasteiger partial charge in [0.05, 0.1) is 12.5 Å². The van der Waals surface area contributed by atoms with Crippen LogP contribution in [0.2, 0.25) is 19.1 Å². The molecule has 0 saturated heterocycles. The first-order valence-electron chi connectivity index (χ1n) is 25.6. The van der Waals surface area contributed by atoms with Crippen LogP contribution in [0.3, 0.4) is 0 Å². The van der Waals surface area contributed by atoms with Crippen LogP contribution in [0.1, 0.15) is 246 Å². The van der Waals surface area contributed by atoms with Gasteiger partial charge >= 0.3 is 5.97 Å². The van der Waals surface area contributed by atoms with E-state index < -0.39 is 8.32 Å². The summed E-state index contributed by atoms with van der Waals surface area (Å²) in [7, 11) is -1.78. The Kier molecular flexibility index (Phi) is 43.2. The van der Waals surface area contributed by atoms with Gasteiger partial charge < -0.3 is 23.9 Å². The molecule has 6 nitrogen and oxygen atoms in total. The van der Waals surface area contributed by atoms with E-state index in [1.807, 2.05) is 0 Å². The summed E-state index contributed by atoms with van der Waals surface area (Å²) in [6.45, 7) is 19.0. The zero-order valence-corrected chi connectivity index (χ0v) is 40.7. The van der Waals surface area contributed by atoms with Gasteiger partial charge in [-0.25, -0.2) is 0 Å². The number of nitrogens with zero attached hydrogens (tertiary/aromatic N) is 1. The molecular formula is C50H103NO5Si. The molecule has 0 aromatic rings. The lowest BCUT2D eigenvalue weighted by Gasteiger charge is -2.30. The maximum atomic E-state index is 13.0. The lowest BCUT2D eigenvalue weighted by Crippen LogP contribution is -2.37. The van der Waals surface area contributed by atoms with Crippen molar-refractivity contribution in [1.29, 1.82) is 0 Å². The number of ether oxygens (including phenoxy) is 2. The summed E-state index contributed by atoms with van der Waals surface area (Å²) < 4.78 is 19.0. The Morgan fingerprint density at radius 1 is 0.491 bits per heavy atom. The van der Waals surface area contributed by atoms with Gasteiger partial charge in [-0.2, -0.15) is 0 Å². The highest BCUT2D eigenvalue weighted by Crippen LogP contribution is 2.23. The van der Waals surface area contributed by atoms with Crippen molar-refractivity contribution in [2.75, 3.05) is 39.5 Å². The van der Waals surface area contributed by atoms with Gasteiger partial charge in [0.15, 0.2) is 8.32 Å². The van der Waals surface area contributed by atoms with Crippen LogP contribution < -0.4 is 0 Å². The molecule has 0 radical (unpaired) electrons. The van der Waals surface area contributed by atoms with Crippen LogP contribution in [0.5, 0.6) is 0 Å². The molecule has 0 aromatic heterocycles. The third-order valence-corrected chi connectivity index (χ3v) is 14.4. The Morgan fingerprint density at radius 2 is 0.895 bits per heavy atom. The minimum absolute atomic E-state index is 0.0105. The number of carbonyl (C=O) groups is 1. The molecule has 2 atom stereocenters. The number of hydrogen-bond donors (Lipinski definition) is 1. The van der Waals surface area contributed by atoms with Crippen molar-refractivity contribution in [1.82, 2.24) is 4.90 Å². The minimum atomic E-state index is -1.78. The molecule has 57 heavy (non-hydrogen) atoms. The van der Waals surface area contributed by atoms with E-state index in [0.29, 0.717) is 6.61 Å². The van der Waals surface area contributed by atoms with E-state index in [9.17, 15) is 9.90 Å². The first kappa shape index (κ1) is 56.5. The van der Waals surface area contributed by atoms with Crippen LogP contribution in [0.15, 0.2) is 0 Å². The monoisotopic (exact) mass is 826 g/mol. The number of aliphatic hydroxyl groups is 1. The fourth-order valence-corrected chi connectivity index (χ4v) is 10.2. The van der Waals surface area contributed by atoms with E-state index >= 15 is 0 Å². The molecule has 0 saturated carbocycles. The molecule has 1 N–H and O–H groups in total. The van der Waals surface area contributed by atoms with Crippen LogP contribution in [0.4, 0.5) is 0 Å². The second-order valence-electron chi connectivity index (χ2n) is 18.3. The van der Waals surface area contributed by atoms with Crippen molar-refractivity contribution in [3.05, 3.63) is 0 Å². The van der Waals surface area contributed by atoms with Gasteiger partial charge in [-0.1, -0.05) is 182 Å². The topological polar surface area (TPSA) is 68.2 Å². The van der Waals surface area contributed by atoms with Crippen LogP contribution in [0, 0.1) is 5.92 Å². The summed E-state index contributed by atoms with van der Waals surface area (Å²) in [6.07, 6.45) is 41.4. The van der Waals surface area contributed by atoms with E-state index in [2.05, 4.69) is 45.7 Å².